The molecule has 4 rings (SSSR count). The third-order valence-corrected chi connectivity index (χ3v) is 8.40. The van der Waals surface area contributed by atoms with E-state index in [1.165, 1.54) is 12.1 Å². The minimum atomic E-state index is -0.304. The van der Waals surface area contributed by atoms with Crippen LogP contribution in [0.25, 0.3) is 0 Å². The van der Waals surface area contributed by atoms with Crippen LogP contribution in [0, 0.1) is 12.7 Å². The van der Waals surface area contributed by atoms with Crippen LogP contribution >= 0.6 is 11.3 Å². The summed E-state index contributed by atoms with van der Waals surface area (Å²) in [5, 5.41) is 2.03. The number of carbonyl (C=O) groups excluding carboxylic acids is 2. The molecular formula is C32H39FN2O3S. The van der Waals surface area contributed by atoms with Crippen LogP contribution in [0.4, 0.5) is 4.39 Å². The number of hydrogen-bond donors (Lipinski definition) is 0. The predicted octanol–water partition coefficient (Wildman–Crippen LogP) is 7.38. The van der Waals surface area contributed by atoms with Crippen molar-refractivity contribution in [2.45, 2.75) is 77.9 Å². The Bertz CT molecular complexity index is 1200. The minimum Gasteiger partial charge on any atom is -0.494 e. The van der Waals surface area contributed by atoms with Crippen molar-refractivity contribution in [3.05, 3.63) is 87.4 Å². The fourth-order valence-corrected chi connectivity index (χ4v) is 5.90. The Morgan fingerprint density at radius 1 is 0.974 bits per heavy atom. The molecule has 208 valence electrons. The van der Waals surface area contributed by atoms with Crippen molar-refractivity contribution in [3.63, 3.8) is 0 Å². The summed E-state index contributed by atoms with van der Waals surface area (Å²) in [5.74, 6) is 0.216. The summed E-state index contributed by atoms with van der Waals surface area (Å²) in [7, 11) is 0. The Hall–Kier alpha value is -3.19. The Labute approximate surface area is 235 Å². The molecule has 0 saturated heterocycles. The van der Waals surface area contributed by atoms with Crippen molar-refractivity contribution < 1.29 is 18.7 Å². The molecule has 1 aliphatic rings. The quantitative estimate of drug-likeness (QED) is 0.221. The van der Waals surface area contributed by atoms with Crippen LogP contribution < -0.4 is 4.74 Å². The van der Waals surface area contributed by atoms with Crippen LogP contribution in [0.15, 0.2) is 60.0 Å². The lowest BCUT2D eigenvalue weighted by Gasteiger charge is -2.35. The standard InChI is InChI=1S/C32H39FN2O3S/c1-3-4-19-38-29-16-12-26(13-17-29)32(37)35(28-8-6-5-7-9-28)23-31(36)34(22-30-24(2)18-20-39-30)21-25-10-14-27(33)15-11-25/h10-18,20,28H,3-9,19,21-23H2,1-2H3. The number of hydrogen-bond acceptors (Lipinski definition) is 4. The SMILES string of the molecule is CCCCOc1ccc(C(=O)N(CC(=O)N(Cc2ccc(F)cc2)Cc2sccc2C)C2CCCCC2)cc1. The second-order valence-electron chi connectivity index (χ2n) is 10.4. The molecule has 39 heavy (non-hydrogen) atoms. The molecule has 0 spiro atoms. The molecule has 0 aliphatic heterocycles. The normalized spacial score (nSPS) is 13.7. The smallest absolute Gasteiger partial charge is 0.254 e. The number of ether oxygens (including phenoxy) is 1. The zero-order valence-electron chi connectivity index (χ0n) is 23.0. The first-order chi connectivity index (χ1) is 18.9. The van der Waals surface area contributed by atoms with Gasteiger partial charge in [-0.15, -0.1) is 11.3 Å². The maximum absolute atomic E-state index is 13.9. The van der Waals surface area contributed by atoms with Gasteiger partial charge in [-0.1, -0.05) is 44.7 Å². The van der Waals surface area contributed by atoms with Gasteiger partial charge in [-0.05, 0) is 85.2 Å². The van der Waals surface area contributed by atoms with E-state index in [-0.39, 0.29) is 30.2 Å². The Balaban J connectivity index is 1.54. The summed E-state index contributed by atoms with van der Waals surface area (Å²) in [6.45, 7) is 5.64. The van der Waals surface area contributed by atoms with E-state index in [2.05, 4.69) is 6.92 Å². The monoisotopic (exact) mass is 550 g/mol. The molecule has 0 unspecified atom stereocenters. The molecule has 2 aromatic carbocycles. The number of carbonyl (C=O) groups is 2. The van der Waals surface area contributed by atoms with Crippen molar-refractivity contribution in [1.29, 1.82) is 0 Å². The average Bonchev–Trinajstić information content (AvgIpc) is 3.37. The fourth-order valence-electron chi connectivity index (χ4n) is 4.98. The summed E-state index contributed by atoms with van der Waals surface area (Å²) >= 11 is 1.62. The van der Waals surface area contributed by atoms with Crippen molar-refractivity contribution in [2.24, 2.45) is 0 Å². The first kappa shape index (κ1) is 28.8. The largest absolute Gasteiger partial charge is 0.494 e. The maximum atomic E-state index is 13.9. The van der Waals surface area contributed by atoms with Gasteiger partial charge in [0.1, 0.15) is 18.1 Å². The molecule has 0 atom stereocenters. The lowest BCUT2D eigenvalue weighted by Crippen LogP contribution is -2.48. The third-order valence-electron chi connectivity index (χ3n) is 7.39. The van der Waals surface area contributed by atoms with Crippen LogP contribution in [-0.2, 0) is 17.9 Å². The van der Waals surface area contributed by atoms with Crippen LogP contribution in [0.3, 0.4) is 0 Å². The number of thiophene rings is 1. The second-order valence-corrected chi connectivity index (χ2v) is 11.4. The number of amides is 2. The molecule has 1 saturated carbocycles. The molecule has 1 heterocycles. The van der Waals surface area contributed by atoms with E-state index < -0.39 is 0 Å². The van der Waals surface area contributed by atoms with Gasteiger partial charge in [0, 0.05) is 23.0 Å². The first-order valence-corrected chi connectivity index (χ1v) is 14.9. The van der Waals surface area contributed by atoms with Crippen molar-refractivity contribution in [3.8, 4) is 5.75 Å². The van der Waals surface area contributed by atoms with Crippen molar-refractivity contribution >= 4 is 23.2 Å². The van der Waals surface area contributed by atoms with Gasteiger partial charge >= 0.3 is 0 Å². The van der Waals surface area contributed by atoms with E-state index in [4.69, 9.17) is 4.74 Å². The molecule has 1 fully saturated rings. The molecule has 0 N–H and O–H groups in total. The lowest BCUT2D eigenvalue weighted by atomic mass is 9.93. The number of aryl methyl sites for hydroxylation is 1. The van der Waals surface area contributed by atoms with E-state index in [9.17, 15) is 14.0 Å². The van der Waals surface area contributed by atoms with Gasteiger partial charge in [0.25, 0.3) is 5.91 Å². The van der Waals surface area contributed by atoms with Gasteiger partial charge in [0.2, 0.25) is 5.91 Å². The van der Waals surface area contributed by atoms with Crippen LogP contribution in [0.2, 0.25) is 0 Å². The number of unbranched alkanes of at least 4 members (excludes halogenated alkanes) is 1. The summed E-state index contributed by atoms with van der Waals surface area (Å²) in [4.78, 5) is 32.4. The molecule has 0 bridgehead atoms. The summed E-state index contributed by atoms with van der Waals surface area (Å²) < 4.78 is 19.3. The molecule has 0 radical (unpaired) electrons. The minimum absolute atomic E-state index is 0.0177. The average molecular weight is 551 g/mol. The van der Waals surface area contributed by atoms with Gasteiger partial charge in [0.05, 0.1) is 13.2 Å². The zero-order chi connectivity index (χ0) is 27.6. The van der Waals surface area contributed by atoms with Gasteiger partial charge < -0.3 is 14.5 Å². The van der Waals surface area contributed by atoms with E-state index in [1.54, 1.807) is 45.4 Å². The number of halogens is 1. The maximum Gasteiger partial charge on any atom is 0.254 e. The highest BCUT2D eigenvalue weighted by atomic mass is 32.1. The van der Waals surface area contributed by atoms with Gasteiger partial charge in [0.15, 0.2) is 0 Å². The Morgan fingerprint density at radius 2 is 1.69 bits per heavy atom. The van der Waals surface area contributed by atoms with E-state index >= 15 is 0 Å². The number of nitrogens with zero attached hydrogens (tertiary/aromatic N) is 2. The molecule has 2 amide bonds. The van der Waals surface area contributed by atoms with E-state index in [0.717, 1.165) is 66.7 Å². The first-order valence-electron chi connectivity index (χ1n) is 14.0. The molecule has 5 nitrogen and oxygen atoms in total. The summed E-state index contributed by atoms with van der Waals surface area (Å²) in [6.07, 6.45) is 7.12. The topological polar surface area (TPSA) is 49.9 Å². The van der Waals surface area contributed by atoms with Crippen LogP contribution in [-0.4, -0.2) is 40.8 Å². The highest BCUT2D eigenvalue weighted by molar-refractivity contribution is 7.10. The van der Waals surface area contributed by atoms with E-state index in [0.29, 0.717) is 25.3 Å². The molecular weight excluding hydrogens is 511 g/mol. The molecule has 3 aromatic rings. The Kier molecular flexibility index (Phi) is 10.5. The summed E-state index contributed by atoms with van der Waals surface area (Å²) in [5.41, 5.74) is 2.56. The van der Waals surface area contributed by atoms with Crippen LogP contribution in [0.1, 0.15) is 78.2 Å². The number of rotatable bonds is 12. The Morgan fingerprint density at radius 3 is 2.33 bits per heavy atom. The second kappa shape index (κ2) is 14.3. The van der Waals surface area contributed by atoms with Crippen LogP contribution in [0.5, 0.6) is 5.75 Å². The van der Waals surface area contributed by atoms with Crippen molar-refractivity contribution in [1.82, 2.24) is 9.80 Å². The van der Waals surface area contributed by atoms with Gasteiger partial charge in [-0.2, -0.15) is 0 Å². The molecule has 1 aliphatic carbocycles. The van der Waals surface area contributed by atoms with Crippen molar-refractivity contribution in [2.75, 3.05) is 13.2 Å². The number of benzene rings is 2. The fraction of sp³-hybridized carbons (Fsp3) is 0.438. The zero-order valence-corrected chi connectivity index (χ0v) is 23.9. The molecule has 7 heteroatoms. The van der Waals surface area contributed by atoms with Gasteiger partial charge in [-0.3, -0.25) is 9.59 Å². The highest BCUT2D eigenvalue weighted by Crippen LogP contribution is 2.26. The predicted molar refractivity (Wildman–Crippen MR) is 154 cm³/mol. The summed E-state index contributed by atoms with van der Waals surface area (Å²) in [6, 6.07) is 15.6. The highest BCUT2D eigenvalue weighted by Gasteiger charge is 2.30. The van der Waals surface area contributed by atoms with E-state index in [1.807, 2.05) is 30.5 Å². The third kappa shape index (κ3) is 8.15. The molecule has 1 aromatic heterocycles. The van der Waals surface area contributed by atoms with Gasteiger partial charge in [-0.25, -0.2) is 4.39 Å². The lowest BCUT2D eigenvalue weighted by molar-refractivity contribution is -0.133.